The highest BCUT2D eigenvalue weighted by Crippen LogP contribution is 2.21. The predicted octanol–water partition coefficient (Wildman–Crippen LogP) is 6.91. The Morgan fingerprint density at radius 1 is 0.458 bits per heavy atom. The summed E-state index contributed by atoms with van der Waals surface area (Å²) < 4.78 is 0. The van der Waals surface area contributed by atoms with Gasteiger partial charge in [0.2, 0.25) is 0 Å². The van der Waals surface area contributed by atoms with Crippen LogP contribution in [0.5, 0.6) is 0 Å². The van der Waals surface area contributed by atoms with Gasteiger partial charge >= 0.3 is 0 Å². The molecule has 0 atom stereocenters. The fourth-order valence-electron chi connectivity index (χ4n) is 3.29. The second kappa shape index (κ2) is 6.88. The molecule has 0 saturated carbocycles. The van der Waals surface area contributed by atoms with Crippen LogP contribution < -0.4 is 0 Å². The van der Waals surface area contributed by atoms with Crippen molar-refractivity contribution in [2.24, 2.45) is 0 Å². The van der Waals surface area contributed by atoms with Gasteiger partial charge in [0.15, 0.2) is 0 Å². The highest BCUT2D eigenvalue weighted by molar-refractivity contribution is 5.88. The Hall–Kier alpha value is -2.60. The molecular weight excluding hydrogens is 288 g/mol. The molecule has 0 spiro atoms. The van der Waals surface area contributed by atoms with Gasteiger partial charge in [-0.15, -0.1) is 0 Å². The lowest BCUT2D eigenvalue weighted by Gasteiger charge is -2.03. The largest absolute Gasteiger partial charge is 0.0616 e. The zero-order valence-corrected chi connectivity index (χ0v) is 14.9. The van der Waals surface area contributed by atoms with E-state index in [0.29, 0.717) is 0 Å². The van der Waals surface area contributed by atoms with Crippen molar-refractivity contribution >= 4 is 21.5 Å². The third-order valence-corrected chi connectivity index (χ3v) is 4.57. The number of fused-ring (bicyclic) bond motifs is 2. The lowest BCUT2D eigenvalue weighted by atomic mass is 10.0. The second-order valence-electron chi connectivity index (χ2n) is 6.55. The monoisotopic (exact) mass is 312 g/mol. The Kier molecular flexibility index (Phi) is 4.66. The molecule has 0 heteroatoms. The zero-order chi connectivity index (χ0) is 17.1. The predicted molar refractivity (Wildman–Crippen MR) is 107 cm³/mol. The van der Waals surface area contributed by atoms with Gasteiger partial charge in [-0.3, -0.25) is 0 Å². The van der Waals surface area contributed by atoms with E-state index >= 15 is 0 Å². The standard InChI is InChI=1S/2C12H12/c1-9-7-10(2)12-6-4-3-5-11(12)8-9;1-9-7-8-10(2)12-6-4-3-5-11(9)12/h2*3-8H,1-2H3. The summed E-state index contributed by atoms with van der Waals surface area (Å²) in [5, 5.41) is 5.45. The fourth-order valence-corrected chi connectivity index (χ4v) is 3.29. The number of benzene rings is 4. The summed E-state index contributed by atoms with van der Waals surface area (Å²) in [5.41, 5.74) is 5.42. The van der Waals surface area contributed by atoms with Crippen LogP contribution in [-0.2, 0) is 0 Å². The molecule has 4 rings (SSSR count). The summed E-state index contributed by atoms with van der Waals surface area (Å²) in [6.07, 6.45) is 0. The molecule has 4 aromatic rings. The molecule has 0 bridgehead atoms. The minimum Gasteiger partial charge on any atom is -0.0616 e. The smallest absolute Gasteiger partial charge is 0.0152 e. The van der Waals surface area contributed by atoms with Crippen LogP contribution in [0.2, 0.25) is 0 Å². The first kappa shape index (κ1) is 16.3. The molecule has 0 heterocycles. The molecule has 0 aliphatic heterocycles. The molecule has 0 fully saturated rings. The van der Waals surface area contributed by atoms with E-state index in [1.54, 1.807) is 0 Å². The van der Waals surface area contributed by atoms with E-state index in [-0.39, 0.29) is 0 Å². The Balaban J connectivity index is 0.000000141. The molecule has 0 aromatic heterocycles. The van der Waals surface area contributed by atoms with Crippen molar-refractivity contribution in [2.75, 3.05) is 0 Å². The summed E-state index contributed by atoms with van der Waals surface area (Å²) in [6.45, 7) is 8.61. The van der Waals surface area contributed by atoms with Crippen molar-refractivity contribution in [2.45, 2.75) is 27.7 Å². The molecule has 0 radical (unpaired) electrons. The van der Waals surface area contributed by atoms with Gasteiger partial charge in [-0.1, -0.05) is 78.4 Å². The van der Waals surface area contributed by atoms with E-state index in [2.05, 4.69) is 100 Å². The lowest BCUT2D eigenvalue weighted by Crippen LogP contribution is -1.80. The first-order valence-corrected chi connectivity index (χ1v) is 8.47. The average molecular weight is 312 g/mol. The topological polar surface area (TPSA) is 0 Å². The van der Waals surface area contributed by atoms with Gasteiger partial charge < -0.3 is 0 Å². The Morgan fingerprint density at radius 3 is 1.54 bits per heavy atom. The number of hydrogen-bond acceptors (Lipinski definition) is 0. The van der Waals surface area contributed by atoms with E-state index in [1.807, 2.05) is 0 Å². The molecule has 0 unspecified atom stereocenters. The molecule has 0 nitrogen and oxygen atoms in total. The van der Waals surface area contributed by atoms with Crippen molar-refractivity contribution < 1.29 is 0 Å². The van der Waals surface area contributed by atoms with Crippen molar-refractivity contribution in [3.63, 3.8) is 0 Å². The first-order valence-electron chi connectivity index (χ1n) is 8.47. The molecule has 120 valence electrons. The van der Waals surface area contributed by atoms with E-state index < -0.39 is 0 Å². The highest BCUT2D eigenvalue weighted by Gasteiger charge is 1.97. The summed E-state index contributed by atoms with van der Waals surface area (Å²) in [5.74, 6) is 0. The van der Waals surface area contributed by atoms with Gasteiger partial charge in [0.05, 0.1) is 0 Å². The minimum absolute atomic E-state index is 1.34. The van der Waals surface area contributed by atoms with Crippen LogP contribution in [0, 0.1) is 27.7 Å². The van der Waals surface area contributed by atoms with Crippen LogP contribution >= 0.6 is 0 Å². The first-order chi connectivity index (χ1) is 11.6. The molecule has 0 amide bonds. The SMILES string of the molecule is Cc1cc(C)c2ccccc2c1.Cc1ccc(C)c2ccccc12. The van der Waals surface area contributed by atoms with Crippen molar-refractivity contribution in [3.05, 3.63) is 95.1 Å². The van der Waals surface area contributed by atoms with Crippen LogP contribution in [0.25, 0.3) is 21.5 Å². The third-order valence-electron chi connectivity index (χ3n) is 4.57. The van der Waals surface area contributed by atoms with E-state index in [9.17, 15) is 0 Å². The summed E-state index contributed by atoms with van der Waals surface area (Å²) >= 11 is 0. The fraction of sp³-hybridized carbons (Fsp3) is 0.167. The van der Waals surface area contributed by atoms with Crippen molar-refractivity contribution in [3.8, 4) is 0 Å². The van der Waals surface area contributed by atoms with Crippen LogP contribution in [-0.4, -0.2) is 0 Å². The number of rotatable bonds is 0. The molecule has 4 aromatic carbocycles. The number of aryl methyl sites for hydroxylation is 4. The summed E-state index contributed by atoms with van der Waals surface area (Å²) in [4.78, 5) is 0. The van der Waals surface area contributed by atoms with Crippen LogP contribution in [0.1, 0.15) is 22.3 Å². The van der Waals surface area contributed by atoms with Gasteiger partial charge in [0.25, 0.3) is 0 Å². The quantitative estimate of drug-likeness (QED) is 0.331. The lowest BCUT2D eigenvalue weighted by molar-refractivity contribution is 1.43. The van der Waals surface area contributed by atoms with Crippen molar-refractivity contribution in [1.82, 2.24) is 0 Å². The van der Waals surface area contributed by atoms with Gasteiger partial charge in [-0.05, 0) is 65.9 Å². The molecule has 24 heavy (non-hydrogen) atoms. The summed E-state index contributed by atoms with van der Waals surface area (Å²) in [6, 6.07) is 25.9. The van der Waals surface area contributed by atoms with Crippen LogP contribution in [0.4, 0.5) is 0 Å². The molecule has 0 aliphatic carbocycles. The van der Waals surface area contributed by atoms with E-state index in [0.717, 1.165) is 0 Å². The third kappa shape index (κ3) is 3.33. The normalized spacial score (nSPS) is 10.5. The maximum absolute atomic E-state index is 2.22. The molecule has 0 N–H and O–H groups in total. The number of hydrogen-bond donors (Lipinski definition) is 0. The van der Waals surface area contributed by atoms with Crippen LogP contribution in [0.3, 0.4) is 0 Å². The Labute approximate surface area is 144 Å². The average Bonchev–Trinajstić information content (AvgIpc) is 2.59. The molecular formula is C24H24. The van der Waals surface area contributed by atoms with Gasteiger partial charge in [-0.2, -0.15) is 0 Å². The maximum Gasteiger partial charge on any atom is -0.0152 e. The second-order valence-corrected chi connectivity index (χ2v) is 6.55. The van der Waals surface area contributed by atoms with E-state index in [4.69, 9.17) is 0 Å². The zero-order valence-electron chi connectivity index (χ0n) is 14.9. The maximum atomic E-state index is 2.22. The summed E-state index contributed by atoms with van der Waals surface area (Å²) in [7, 11) is 0. The highest BCUT2D eigenvalue weighted by atomic mass is 14.0. The minimum atomic E-state index is 1.34. The van der Waals surface area contributed by atoms with Gasteiger partial charge in [0.1, 0.15) is 0 Å². The van der Waals surface area contributed by atoms with E-state index in [1.165, 1.54) is 43.8 Å². The molecule has 0 saturated heterocycles. The Morgan fingerprint density at radius 2 is 0.958 bits per heavy atom. The van der Waals surface area contributed by atoms with Crippen molar-refractivity contribution in [1.29, 1.82) is 0 Å². The van der Waals surface area contributed by atoms with Crippen LogP contribution in [0.15, 0.2) is 72.8 Å². The molecule has 0 aliphatic rings. The Bertz CT molecular complexity index is 953. The van der Waals surface area contributed by atoms with Gasteiger partial charge in [-0.25, -0.2) is 0 Å². The van der Waals surface area contributed by atoms with Gasteiger partial charge in [0, 0.05) is 0 Å².